The number of rotatable bonds is 9. The van der Waals surface area contributed by atoms with Crippen LogP contribution < -0.4 is 11.1 Å². The van der Waals surface area contributed by atoms with Gasteiger partial charge in [0.1, 0.15) is 12.6 Å². The Morgan fingerprint density at radius 3 is 2.11 bits per heavy atom. The molecule has 3 N–H and O–H groups in total. The molecule has 0 saturated heterocycles. The SMILES string of the molecule is NC(=O)CC(NC(=O)OCc1ccccc1)C(=O)OCC(=O)c1ccccc1. The molecule has 2 aromatic rings. The van der Waals surface area contributed by atoms with Crippen molar-refractivity contribution >= 4 is 23.8 Å². The molecule has 2 amide bonds. The van der Waals surface area contributed by atoms with E-state index in [1.54, 1.807) is 54.6 Å². The van der Waals surface area contributed by atoms with Crippen LogP contribution >= 0.6 is 0 Å². The van der Waals surface area contributed by atoms with Crippen LogP contribution in [-0.4, -0.2) is 36.4 Å². The first-order valence-corrected chi connectivity index (χ1v) is 8.46. The number of alkyl carbamates (subject to hydrolysis) is 1. The van der Waals surface area contributed by atoms with Gasteiger partial charge in [-0.1, -0.05) is 60.7 Å². The summed E-state index contributed by atoms with van der Waals surface area (Å²) in [5.74, 6) is -2.20. The Labute approximate surface area is 161 Å². The largest absolute Gasteiger partial charge is 0.456 e. The van der Waals surface area contributed by atoms with Crippen molar-refractivity contribution in [2.75, 3.05) is 6.61 Å². The number of amides is 2. The molecule has 146 valence electrons. The lowest BCUT2D eigenvalue weighted by Gasteiger charge is -2.16. The minimum Gasteiger partial charge on any atom is -0.456 e. The van der Waals surface area contributed by atoms with Gasteiger partial charge in [-0.3, -0.25) is 9.59 Å². The second-order valence-electron chi connectivity index (χ2n) is 5.83. The van der Waals surface area contributed by atoms with E-state index in [2.05, 4.69) is 5.32 Å². The molecule has 1 unspecified atom stereocenters. The standard InChI is InChI=1S/C20H20N2O6/c21-18(24)11-16(22-20(26)28-12-14-7-3-1-4-8-14)19(25)27-13-17(23)15-9-5-2-6-10-15/h1-10,16H,11-13H2,(H2,21,24)(H,22,26). The maximum atomic E-state index is 12.2. The normalized spacial score (nSPS) is 11.1. The number of nitrogens with two attached hydrogens (primary N) is 1. The van der Waals surface area contributed by atoms with E-state index in [0.29, 0.717) is 5.56 Å². The van der Waals surface area contributed by atoms with Crippen molar-refractivity contribution in [1.29, 1.82) is 0 Å². The third-order valence-corrected chi connectivity index (χ3v) is 3.64. The minimum atomic E-state index is -1.36. The van der Waals surface area contributed by atoms with Gasteiger partial charge in [-0.05, 0) is 5.56 Å². The highest BCUT2D eigenvalue weighted by molar-refractivity contribution is 5.98. The van der Waals surface area contributed by atoms with Crippen LogP contribution in [0.1, 0.15) is 22.3 Å². The van der Waals surface area contributed by atoms with E-state index < -0.39 is 42.8 Å². The molecule has 0 aromatic heterocycles. The number of primary amides is 1. The molecule has 0 aliphatic carbocycles. The van der Waals surface area contributed by atoms with E-state index in [-0.39, 0.29) is 6.61 Å². The van der Waals surface area contributed by atoms with E-state index >= 15 is 0 Å². The summed E-state index contributed by atoms with van der Waals surface area (Å²) in [6, 6.07) is 15.8. The molecule has 28 heavy (non-hydrogen) atoms. The number of Topliss-reactive ketones (excluding diaryl/α,β-unsaturated/α-hetero) is 1. The third kappa shape index (κ3) is 6.91. The van der Waals surface area contributed by atoms with Crippen LogP contribution in [0.4, 0.5) is 4.79 Å². The molecule has 8 nitrogen and oxygen atoms in total. The van der Waals surface area contributed by atoms with Crippen LogP contribution in [0.2, 0.25) is 0 Å². The molecule has 0 radical (unpaired) electrons. The predicted octanol–water partition coefficient (Wildman–Crippen LogP) is 1.58. The molecule has 8 heteroatoms. The molecule has 1 atom stereocenters. The van der Waals surface area contributed by atoms with E-state index in [0.717, 1.165) is 5.56 Å². The van der Waals surface area contributed by atoms with Gasteiger partial charge < -0.3 is 20.5 Å². The molecular weight excluding hydrogens is 364 g/mol. The first kappa shape index (κ1) is 20.6. The summed E-state index contributed by atoms with van der Waals surface area (Å²) < 4.78 is 9.93. The molecule has 0 bridgehead atoms. The molecule has 0 saturated carbocycles. The van der Waals surface area contributed by atoms with Crippen LogP contribution in [0.3, 0.4) is 0 Å². The number of carbonyl (C=O) groups excluding carboxylic acids is 4. The summed E-state index contributed by atoms with van der Waals surface area (Å²) >= 11 is 0. The van der Waals surface area contributed by atoms with Crippen molar-refractivity contribution in [1.82, 2.24) is 5.32 Å². The molecular formula is C20H20N2O6. The number of esters is 1. The number of benzene rings is 2. The van der Waals surface area contributed by atoms with Gasteiger partial charge in [-0.15, -0.1) is 0 Å². The number of ether oxygens (including phenoxy) is 2. The Bertz CT molecular complexity index is 823. The minimum absolute atomic E-state index is 0.0164. The molecule has 0 fully saturated rings. The molecule has 0 aliphatic rings. The monoisotopic (exact) mass is 384 g/mol. The van der Waals surface area contributed by atoms with E-state index in [1.165, 1.54) is 0 Å². The van der Waals surface area contributed by atoms with Crippen molar-refractivity contribution in [3.63, 3.8) is 0 Å². The fourth-order valence-electron chi connectivity index (χ4n) is 2.25. The van der Waals surface area contributed by atoms with Crippen LogP contribution in [0.5, 0.6) is 0 Å². The number of hydrogen-bond acceptors (Lipinski definition) is 6. The summed E-state index contributed by atoms with van der Waals surface area (Å²) in [4.78, 5) is 47.3. The fourth-order valence-corrected chi connectivity index (χ4v) is 2.25. The molecule has 2 rings (SSSR count). The third-order valence-electron chi connectivity index (χ3n) is 3.64. The van der Waals surface area contributed by atoms with Crippen molar-refractivity contribution in [2.24, 2.45) is 5.73 Å². The molecule has 0 spiro atoms. The highest BCUT2D eigenvalue weighted by atomic mass is 16.6. The van der Waals surface area contributed by atoms with Crippen LogP contribution in [0.25, 0.3) is 0 Å². The Hall–Kier alpha value is -3.68. The highest BCUT2D eigenvalue weighted by Crippen LogP contribution is 2.04. The quantitative estimate of drug-likeness (QED) is 0.500. The zero-order chi connectivity index (χ0) is 20.4. The smallest absolute Gasteiger partial charge is 0.408 e. The van der Waals surface area contributed by atoms with E-state index in [4.69, 9.17) is 15.2 Å². The van der Waals surface area contributed by atoms with Gasteiger partial charge in [0.2, 0.25) is 5.91 Å². The van der Waals surface area contributed by atoms with Gasteiger partial charge in [0.15, 0.2) is 12.4 Å². The zero-order valence-electron chi connectivity index (χ0n) is 15.0. The van der Waals surface area contributed by atoms with Gasteiger partial charge in [-0.2, -0.15) is 0 Å². The number of hydrogen-bond donors (Lipinski definition) is 2. The second kappa shape index (κ2) is 10.5. The average molecular weight is 384 g/mol. The molecule has 2 aromatic carbocycles. The lowest BCUT2D eigenvalue weighted by molar-refractivity contribution is -0.146. The Morgan fingerprint density at radius 1 is 0.893 bits per heavy atom. The summed E-state index contributed by atoms with van der Waals surface area (Å²) in [5, 5.41) is 2.23. The number of nitrogens with one attached hydrogen (secondary N) is 1. The number of carbonyl (C=O) groups is 4. The molecule has 0 heterocycles. The topological polar surface area (TPSA) is 125 Å². The van der Waals surface area contributed by atoms with Crippen LogP contribution in [0.15, 0.2) is 60.7 Å². The maximum absolute atomic E-state index is 12.2. The lowest BCUT2D eigenvalue weighted by Crippen LogP contribution is -2.44. The van der Waals surface area contributed by atoms with Crippen LogP contribution in [0, 0.1) is 0 Å². The maximum Gasteiger partial charge on any atom is 0.408 e. The van der Waals surface area contributed by atoms with E-state index in [9.17, 15) is 19.2 Å². The van der Waals surface area contributed by atoms with Crippen molar-refractivity contribution in [3.8, 4) is 0 Å². The van der Waals surface area contributed by atoms with Crippen LogP contribution in [-0.2, 0) is 25.7 Å². The molecule has 0 aliphatic heterocycles. The lowest BCUT2D eigenvalue weighted by atomic mass is 10.1. The first-order valence-electron chi connectivity index (χ1n) is 8.46. The summed E-state index contributed by atoms with van der Waals surface area (Å²) in [6.07, 6.45) is -1.40. The predicted molar refractivity (Wildman–Crippen MR) is 99.1 cm³/mol. The Balaban J connectivity index is 1.88. The van der Waals surface area contributed by atoms with Gasteiger partial charge >= 0.3 is 12.1 Å². The Morgan fingerprint density at radius 2 is 1.50 bits per heavy atom. The van der Waals surface area contributed by atoms with Gasteiger partial charge in [-0.25, -0.2) is 9.59 Å². The average Bonchev–Trinajstić information content (AvgIpc) is 2.71. The van der Waals surface area contributed by atoms with Crippen molar-refractivity contribution < 1.29 is 28.7 Å². The van der Waals surface area contributed by atoms with Crippen molar-refractivity contribution in [3.05, 3.63) is 71.8 Å². The van der Waals surface area contributed by atoms with Crippen molar-refractivity contribution in [2.45, 2.75) is 19.1 Å². The summed E-state index contributed by atoms with van der Waals surface area (Å²) in [6.45, 7) is -0.545. The summed E-state index contributed by atoms with van der Waals surface area (Å²) in [5.41, 5.74) is 6.24. The zero-order valence-corrected chi connectivity index (χ0v) is 15.0. The number of ketones is 1. The van der Waals surface area contributed by atoms with Gasteiger partial charge in [0.05, 0.1) is 6.42 Å². The first-order chi connectivity index (χ1) is 13.5. The highest BCUT2D eigenvalue weighted by Gasteiger charge is 2.26. The van der Waals surface area contributed by atoms with Gasteiger partial charge in [0, 0.05) is 5.56 Å². The second-order valence-corrected chi connectivity index (χ2v) is 5.83. The van der Waals surface area contributed by atoms with E-state index in [1.807, 2.05) is 6.07 Å². The fraction of sp³-hybridized carbons (Fsp3) is 0.200. The van der Waals surface area contributed by atoms with Gasteiger partial charge in [0.25, 0.3) is 0 Å². The Kier molecular flexibility index (Phi) is 7.71. The summed E-state index contributed by atoms with van der Waals surface area (Å²) in [7, 11) is 0.